The van der Waals surface area contributed by atoms with Gasteiger partial charge >= 0.3 is 0 Å². The van der Waals surface area contributed by atoms with Crippen molar-refractivity contribution in [2.24, 2.45) is 11.3 Å². The maximum absolute atomic E-state index is 3.66. The summed E-state index contributed by atoms with van der Waals surface area (Å²) in [5, 5.41) is 3.66. The van der Waals surface area contributed by atoms with Crippen molar-refractivity contribution in [3.05, 3.63) is 29.8 Å². The van der Waals surface area contributed by atoms with E-state index in [0.29, 0.717) is 17.3 Å². The van der Waals surface area contributed by atoms with E-state index < -0.39 is 0 Å². The molecule has 1 aliphatic heterocycles. The van der Waals surface area contributed by atoms with Crippen LogP contribution in [0.5, 0.6) is 0 Å². The molecule has 0 spiro atoms. The largest absolute Gasteiger partial charge is 0.316 e. The minimum atomic E-state index is 0.398. The van der Waals surface area contributed by atoms with E-state index in [1.807, 2.05) is 11.8 Å². The van der Waals surface area contributed by atoms with Crippen LogP contribution in [0.3, 0.4) is 0 Å². The SMILES string of the molecule is CC(CNCC1CSc2ccccc21)C(C)(C)C. The summed E-state index contributed by atoms with van der Waals surface area (Å²) < 4.78 is 0. The van der Waals surface area contributed by atoms with Crippen LogP contribution in [-0.4, -0.2) is 18.8 Å². The smallest absolute Gasteiger partial charge is 0.0108 e. The Morgan fingerprint density at radius 3 is 2.78 bits per heavy atom. The van der Waals surface area contributed by atoms with Gasteiger partial charge in [0.05, 0.1) is 0 Å². The van der Waals surface area contributed by atoms with E-state index in [-0.39, 0.29) is 0 Å². The molecule has 0 amide bonds. The minimum absolute atomic E-state index is 0.398. The molecule has 1 aromatic rings. The molecular formula is C16H25NS. The Kier molecular flexibility index (Phi) is 4.39. The van der Waals surface area contributed by atoms with Gasteiger partial charge in [0.15, 0.2) is 0 Å². The Labute approximate surface area is 116 Å². The number of thioether (sulfide) groups is 1. The summed E-state index contributed by atoms with van der Waals surface area (Å²) >= 11 is 2.00. The number of hydrogen-bond donors (Lipinski definition) is 1. The molecule has 0 saturated heterocycles. The Morgan fingerprint density at radius 2 is 2.06 bits per heavy atom. The number of hydrogen-bond acceptors (Lipinski definition) is 2. The van der Waals surface area contributed by atoms with Crippen molar-refractivity contribution < 1.29 is 0 Å². The zero-order valence-corrected chi connectivity index (χ0v) is 12.8. The van der Waals surface area contributed by atoms with Crippen molar-refractivity contribution in [1.29, 1.82) is 0 Å². The highest BCUT2D eigenvalue weighted by atomic mass is 32.2. The van der Waals surface area contributed by atoms with Crippen LogP contribution in [-0.2, 0) is 0 Å². The molecule has 0 aromatic heterocycles. The first kappa shape index (κ1) is 14.0. The van der Waals surface area contributed by atoms with E-state index in [0.717, 1.165) is 13.1 Å². The molecule has 0 aliphatic carbocycles. The van der Waals surface area contributed by atoms with Crippen LogP contribution >= 0.6 is 11.8 Å². The first-order chi connectivity index (χ1) is 8.48. The topological polar surface area (TPSA) is 12.0 Å². The lowest BCUT2D eigenvalue weighted by Crippen LogP contribution is -2.32. The van der Waals surface area contributed by atoms with Gasteiger partial charge in [0.2, 0.25) is 0 Å². The summed E-state index contributed by atoms with van der Waals surface area (Å²) in [6.07, 6.45) is 0. The fourth-order valence-electron chi connectivity index (χ4n) is 2.18. The van der Waals surface area contributed by atoms with Gasteiger partial charge in [-0.25, -0.2) is 0 Å². The third kappa shape index (κ3) is 3.30. The summed E-state index contributed by atoms with van der Waals surface area (Å²) in [5.74, 6) is 2.64. The zero-order valence-electron chi connectivity index (χ0n) is 12.0. The van der Waals surface area contributed by atoms with Crippen molar-refractivity contribution in [3.63, 3.8) is 0 Å². The second-order valence-electron chi connectivity index (χ2n) is 6.47. The van der Waals surface area contributed by atoms with Gasteiger partial charge in [-0.15, -0.1) is 11.8 Å². The Morgan fingerprint density at radius 1 is 1.33 bits per heavy atom. The fourth-order valence-corrected chi connectivity index (χ4v) is 3.43. The van der Waals surface area contributed by atoms with Gasteiger partial charge in [0, 0.05) is 23.1 Å². The molecule has 1 aromatic carbocycles. The first-order valence-corrected chi connectivity index (χ1v) is 7.89. The summed E-state index contributed by atoms with van der Waals surface area (Å²) in [7, 11) is 0. The highest BCUT2D eigenvalue weighted by Gasteiger charge is 2.23. The molecule has 0 radical (unpaired) electrons. The molecule has 0 bridgehead atoms. The second-order valence-corrected chi connectivity index (χ2v) is 7.53. The Hall–Kier alpha value is -0.470. The third-order valence-corrected chi connectivity index (χ3v) is 5.37. The van der Waals surface area contributed by atoms with Gasteiger partial charge in [-0.1, -0.05) is 45.9 Å². The lowest BCUT2D eigenvalue weighted by atomic mass is 9.82. The van der Waals surface area contributed by atoms with Gasteiger partial charge in [0.1, 0.15) is 0 Å². The van der Waals surface area contributed by atoms with Crippen LogP contribution in [0.25, 0.3) is 0 Å². The highest BCUT2D eigenvalue weighted by molar-refractivity contribution is 7.99. The molecular weight excluding hydrogens is 238 g/mol. The van der Waals surface area contributed by atoms with Crippen LogP contribution in [0.2, 0.25) is 0 Å². The number of benzene rings is 1. The van der Waals surface area contributed by atoms with E-state index in [1.165, 1.54) is 10.6 Å². The summed E-state index contributed by atoms with van der Waals surface area (Å²) in [6.45, 7) is 11.5. The van der Waals surface area contributed by atoms with Crippen LogP contribution in [0.15, 0.2) is 29.2 Å². The van der Waals surface area contributed by atoms with Gasteiger partial charge in [-0.2, -0.15) is 0 Å². The van der Waals surface area contributed by atoms with Crippen molar-refractivity contribution in [2.75, 3.05) is 18.8 Å². The summed E-state index contributed by atoms with van der Waals surface area (Å²) in [4.78, 5) is 1.48. The van der Waals surface area contributed by atoms with E-state index >= 15 is 0 Å². The quantitative estimate of drug-likeness (QED) is 0.876. The molecule has 2 rings (SSSR count). The van der Waals surface area contributed by atoms with E-state index in [2.05, 4.69) is 57.3 Å². The Bertz CT molecular complexity index is 394. The molecule has 0 saturated carbocycles. The predicted octanol–water partition coefficient (Wildman–Crippen LogP) is 4.15. The van der Waals surface area contributed by atoms with Gasteiger partial charge in [0.25, 0.3) is 0 Å². The maximum Gasteiger partial charge on any atom is 0.0108 e. The average molecular weight is 263 g/mol. The highest BCUT2D eigenvalue weighted by Crippen LogP contribution is 2.38. The van der Waals surface area contributed by atoms with Crippen molar-refractivity contribution >= 4 is 11.8 Å². The minimum Gasteiger partial charge on any atom is -0.316 e. The zero-order chi connectivity index (χ0) is 13.2. The van der Waals surface area contributed by atoms with Crippen LogP contribution in [0.4, 0.5) is 0 Å². The van der Waals surface area contributed by atoms with Gasteiger partial charge in [-0.05, 0) is 29.5 Å². The van der Waals surface area contributed by atoms with Crippen molar-refractivity contribution in [1.82, 2.24) is 5.32 Å². The molecule has 18 heavy (non-hydrogen) atoms. The van der Waals surface area contributed by atoms with E-state index in [1.54, 1.807) is 5.56 Å². The molecule has 100 valence electrons. The average Bonchev–Trinajstić information content (AvgIpc) is 2.71. The predicted molar refractivity (Wildman–Crippen MR) is 81.4 cm³/mol. The Balaban J connectivity index is 1.83. The monoisotopic (exact) mass is 263 g/mol. The normalized spacial score (nSPS) is 20.8. The van der Waals surface area contributed by atoms with E-state index in [4.69, 9.17) is 0 Å². The van der Waals surface area contributed by atoms with Gasteiger partial charge < -0.3 is 5.32 Å². The van der Waals surface area contributed by atoms with Crippen LogP contribution in [0, 0.1) is 11.3 Å². The van der Waals surface area contributed by atoms with Crippen molar-refractivity contribution in [2.45, 2.75) is 38.5 Å². The second kappa shape index (κ2) is 5.66. The standard InChI is InChI=1S/C16H25NS/c1-12(16(2,3)4)9-17-10-13-11-18-15-8-6-5-7-14(13)15/h5-8,12-13,17H,9-11H2,1-4H3. The van der Waals surface area contributed by atoms with E-state index in [9.17, 15) is 0 Å². The molecule has 2 unspecified atom stereocenters. The third-order valence-electron chi connectivity index (χ3n) is 4.12. The number of rotatable bonds is 4. The number of fused-ring (bicyclic) bond motifs is 1. The van der Waals surface area contributed by atoms with Crippen LogP contribution in [0.1, 0.15) is 39.2 Å². The van der Waals surface area contributed by atoms with Gasteiger partial charge in [-0.3, -0.25) is 0 Å². The molecule has 2 atom stereocenters. The first-order valence-electron chi connectivity index (χ1n) is 6.91. The lowest BCUT2D eigenvalue weighted by molar-refractivity contribution is 0.252. The lowest BCUT2D eigenvalue weighted by Gasteiger charge is -2.28. The molecule has 1 N–H and O–H groups in total. The number of nitrogens with one attached hydrogen (secondary N) is 1. The fraction of sp³-hybridized carbons (Fsp3) is 0.625. The maximum atomic E-state index is 3.66. The molecule has 1 nitrogen and oxygen atoms in total. The molecule has 1 heterocycles. The summed E-state index contributed by atoms with van der Waals surface area (Å²) in [6, 6.07) is 8.84. The van der Waals surface area contributed by atoms with Crippen molar-refractivity contribution in [3.8, 4) is 0 Å². The summed E-state index contributed by atoms with van der Waals surface area (Å²) in [5.41, 5.74) is 1.94. The molecule has 2 heteroatoms. The molecule has 1 aliphatic rings. The molecule has 0 fully saturated rings. The van der Waals surface area contributed by atoms with Crippen LogP contribution < -0.4 is 5.32 Å².